The average molecular weight is 413 g/mol. The molecule has 1 saturated heterocycles. The normalized spacial score (nSPS) is 20.1. The molecule has 0 radical (unpaired) electrons. The van der Waals surface area contributed by atoms with Gasteiger partial charge in [0.2, 0.25) is 5.91 Å². The van der Waals surface area contributed by atoms with Crippen molar-refractivity contribution in [2.75, 3.05) is 19.8 Å². The van der Waals surface area contributed by atoms with Gasteiger partial charge >= 0.3 is 6.03 Å². The number of urea groups is 1. The van der Waals surface area contributed by atoms with Gasteiger partial charge in [0, 0.05) is 6.54 Å². The van der Waals surface area contributed by atoms with Crippen molar-refractivity contribution in [3.05, 3.63) is 59.4 Å². The van der Waals surface area contributed by atoms with E-state index in [4.69, 9.17) is 9.47 Å². The molecule has 0 unspecified atom stereocenters. The summed E-state index contributed by atoms with van der Waals surface area (Å²) < 4.78 is 24.0. The molecule has 2 N–H and O–H groups in total. The molecule has 1 fully saturated rings. The molecule has 1 atom stereocenters. The van der Waals surface area contributed by atoms with Gasteiger partial charge in [-0.25, -0.2) is 9.18 Å². The van der Waals surface area contributed by atoms with Gasteiger partial charge in [0.1, 0.15) is 31.1 Å². The quantitative estimate of drug-likeness (QED) is 0.727. The molecule has 2 aliphatic heterocycles. The second-order valence-electron chi connectivity index (χ2n) is 7.21. The van der Waals surface area contributed by atoms with Crippen LogP contribution >= 0.6 is 0 Å². The molecule has 0 bridgehead atoms. The van der Waals surface area contributed by atoms with Crippen LogP contribution < -0.4 is 20.1 Å². The number of imide groups is 1. The number of fused-ring (bicyclic) bond motifs is 1. The molecule has 0 aliphatic carbocycles. The van der Waals surface area contributed by atoms with Crippen LogP contribution in [0.4, 0.5) is 9.18 Å². The van der Waals surface area contributed by atoms with Gasteiger partial charge in [0.25, 0.3) is 5.91 Å². The number of amides is 4. The van der Waals surface area contributed by atoms with E-state index in [1.54, 1.807) is 37.3 Å². The standard InChI is InChI=1S/C21H20FN3O5/c1-21(14-4-7-16-17(10-14)30-9-8-29-16)19(27)25(20(28)24-21)12-18(26)23-11-13-2-5-15(22)6-3-13/h2-7,10H,8-9,11-12H2,1H3,(H,23,26)(H,24,28)/t21-/m0/s1. The van der Waals surface area contributed by atoms with E-state index in [2.05, 4.69) is 10.6 Å². The first kappa shape index (κ1) is 19.7. The van der Waals surface area contributed by atoms with Crippen molar-refractivity contribution in [1.29, 1.82) is 0 Å². The van der Waals surface area contributed by atoms with Crippen molar-refractivity contribution in [3.63, 3.8) is 0 Å². The minimum atomic E-state index is -1.33. The number of ether oxygens (including phenoxy) is 2. The monoisotopic (exact) mass is 413 g/mol. The van der Waals surface area contributed by atoms with Gasteiger partial charge in [-0.3, -0.25) is 14.5 Å². The van der Waals surface area contributed by atoms with E-state index in [1.807, 2.05) is 0 Å². The Labute approximate surface area is 171 Å². The maximum absolute atomic E-state index is 13.0. The molecule has 4 rings (SSSR count). The van der Waals surface area contributed by atoms with E-state index in [-0.39, 0.29) is 12.4 Å². The number of hydrogen-bond acceptors (Lipinski definition) is 5. The van der Waals surface area contributed by atoms with Crippen LogP contribution in [0.2, 0.25) is 0 Å². The van der Waals surface area contributed by atoms with E-state index in [0.717, 1.165) is 4.90 Å². The van der Waals surface area contributed by atoms with Gasteiger partial charge in [-0.15, -0.1) is 0 Å². The first-order valence-electron chi connectivity index (χ1n) is 9.42. The van der Waals surface area contributed by atoms with Crippen LogP contribution in [0.15, 0.2) is 42.5 Å². The molecule has 2 aromatic rings. The number of hydrogen-bond donors (Lipinski definition) is 2. The van der Waals surface area contributed by atoms with Gasteiger partial charge in [-0.1, -0.05) is 18.2 Å². The van der Waals surface area contributed by atoms with E-state index in [0.29, 0.717) is 35.8 Å². The van der Waals surface area contributed by atoms with Crippen LogP contribution in [-0.2, 0) is 21.7 Å². The van der Waals surface area contributed by atoms with Crippen LogP contribution in [0.3, 0.4) is 0 Å². The fourth-order valence-electron chi connectivity index (χ4n) is 3.39. The second kappa shape index (κ2) is 7.66. The summed E-state index contributed by atoms with van der Waals surface area (Å²) in [6, 6.07) is 10.0. The van der Waals surface area contributed by atoms with Crippen LogP contribution in [0.5, 0.6) is 11.5 Å². The lowest BCUT2D eigenvalue weighted by atomic mass is 9.91. The van der Waals surface area contributed by atoms with Crippen molar-refractivity contribution in [2.45, 2.75) is 19.0 Å². The zero-order chi connectivity index (χ0) is 21.3. The molecule has 2 aliphatic rings. The molecule has 0 saturated carbocycles. The highest BCUT2D eigenvalue weighted by Crippen LogP contribution is 2.36. The maximum atomic E-state index is 13.0. The fraction of sp³-hybridized carbons (Fsp3) is 0.286. The number of benzene rings is 2. The molecule has 30 heavy (non-hydrogen) atoms. The smallest absolute Gasteiger partial charge is 0.325 e. The summed E-state index contributed by atoms with van der Waals surface area (Å²) in [5.41, 5.74) is -0.105. The SMILES string of the molecule is C[C@@]1(c2ccc3c(c2)OCCO3)NC(=O)N(CC(=O)NCc2ccc(F)cc2)C1=O. The predicted octanol–water partition coefficient (Wildman–Crippen LogP) is 1.68. The molecule has 2 aromatic carbocycles. The van der Waals surface area contributed by atoms with E-state index < -0.39 is 29.9 Å². The third-order valence-corrected chi connectivity index (χ3v) is 5.10. The zero-order valence-electron chi connectivity index (χ0n) is 16.2. The first-order valence-corrected chi connectivity index (χ1v) is 9.42. The molecule has 156 valence electrons. The third kappa shape index (κ3) is 3.66. The summed E-state index contributed by atoms with van der Waals surface area (Å²) in [5.74, 6) is -0.349. The Morgan fingerprint density at radius 3 is 2.57 bits per heavy atom. The number of nitrogens with one attached hydrogen (secondary N) is 2. The minimum Gasteiger partial charge on any atom is -0.486 e. The van der Waals surface area contributed by atoms with E-state index >= 15 is 0 Å². The summed E-state index contributed by atoms with van der Waals surface area (Å²) >= 11 is 0. The summed E-state index contributed by atoms with van der Waals surface area (Å²) in [5, 5.41) is 5.28. The summed E-state index contributed by atoms with van der Waals surface area (Å²) in [7, 11) is 0. The number of rotatable bonds is 5. The Kier molecular flexibility index (Phi) is 5.03. The van der Waals surface area contributed by atoms with Gasteiger partial charge in [0.05, 0.1) is 0 Å². The van der Waals surface area contributed by atoms with Crippen LogP contribution in [-0.4, -0.2) is 42.5 Å². The first-order chi connectivity index (χ1) is 14.4. The summed E-state index contributed by atoms with van der Waals surface area (Å²) in [6.45, 7) is 2.15. The lowest BCUT2D eigenvalue weighted by molar-refractivity contribution is -0.134. The second-order valence-corrected chi connectivity index (χ2v) is 7.21. The topological polar surface area (TPSA) is 97.0 Å². The molecule has 4 amide bonds. The third-order valence-electron chi connectivity index (χ3n) is 5.10. The zero-order valence-corrected chi connectivity index (χ0v) is 16.2. The lowest BCUT2D eigenvalue weighted by Crippen LogP contribution is -2.43. The lowest BCUT2D eigenvalue weighted by Gasteiger charge is -2.25. The van der Waals surface area contributed by atoms with Gasteiger partial charge < -0.3 is 20.1 Å². The van der Waals surface area contributed by atoms with Gasteiger partial charge in [-0.05, 0) is 42.3 Å². The average Bonchev–Trinajstić information content (AvgIpc) is 2.97. The Morgan fingerprint density at radius 2 is 1.83 bits per heavy atom. The van der Waals surface area contributed by atoms with E-state index in [1.165, 1.54) is 12.1 Å². The van der Waals surface area contributed by atoms with Gasteiger partial charge in [0.15, 0.2) is 11.5 Å². The highest BCUT2D eigenvalue weighted by atomic mass is 19.1. The Morgan fingerprint density at radius 1 is 1.13 bits per heavy atom. The highest BCUT2D eigenvalue weighted by Gasteiger charge is 2.49. The molecular formula is C21H20FN3O5. The minimum absolute atomic E-state index is 0.155. The van der Waals surface area contributed by atoms with Crippen molar-refractivity contribution in [3.8, 4) is 11.5 Å². The molecule has 2 heterocycles. The molecule has 9 heteroatoms. The largest absolute Gasteiger partial charge is 0.486 e. The summed E-state index contributed by atoms with van der Waals surface area (Å²) in [4.78, 5) is 38.6. The van der Waals surface area contributed by atoms with Crippen LogP contribution in [0, 0.1) is 5.82 Å². The number of carbonyl (C=O) groups excluding carboxylic acids is 3. The molecule has 8 nitrogen and oxygen atoms in total. The highest BCUT2D eigenvalue weighted by molar-refractivity contribution is 6.09. The number of nitrogens with zero attached hydrogens (tertiary/aromatic N) is 1. The number of carbonyl (C=O) groups is 3. The Balaban J connectivity index is 1.44. The predicted molar refractivity (Wildman–Crippen MR) is 103 cm³/mol. The van der Waals surface area contributed by atoms with E-state index in [9.17, 15) is 18.8 Å². The van der Waals surface area contributed by atoms with Crippen molar-refractivity contribution >= 4 is 17.8 Å². The van der Waals surface area contributed by atoms with Crippen LogP contribution in [0.1, 0.15) is 18.1 Å². The molecular weight excluding hydrogens is 393 g/mol. The van der Waals surface area contributed by atoms with Crippen LogP contribution in [0.25, 0.3) is 0 Å². The summed E-state index contributed by atoms with van der Waals surface area (Å²) in [6.07, 6.45) is 0. The maximum Gasteiger partial charge on any atom is 0.325 e. The Hall–Kier alpha value is -3.62. The fourth-order valence-corrected chi connectivity index (χ4v) is 3.39. The van der Waals surface area contributed by atoms with Crippen molar-refractivity contribution in [1.82, 2.24) is 15.5 Å². The molecule has 0 aromatic heterocycles. The van der Waals surface area contributed by atoms with Crippen molar-refractivity contribution < 1.29 is 28.2 Å². The number of halogens is 1. The Bertz CT molecular complexity index is 1010. The molecule has 0 spiro atoms. The van der Waals surface area contributed by atoms with Crippen molar-refractivity contribution in [2.24, 2.45) is 0 Å². The van der Waals surface area contributed by atoms with Gasteiger partial charge in [-0.2, -0.15) is 0 Å².